The predicted molar refractivity (Wildman–Crippen MR) is 84.6 cm³/mol. The summed E-state index contributed by atoms with van der Waals surface area (Å²) >= 11 is 0. The summed E-state index contributed by atoms with van der Waals surface area (Å²) in [5.41, 5.74) is 6.33. The zero-order chi connectivity index (χ0) is 15.5. The van der Waals surface area contributed by atoms with E-state index in [1.165, 1.54) is 0 Å². The van der Waals surface area contributed by atoms with E-state index in [0.717, 1.165) is 5.39 Å². The maximum absolute atomic E-state index is 12.4. The summed E-state index contributed by atoms with van der Waals surface area (Å²) in [6, 6.07) is 10.3. The lowest BCUT2D eigenvalue weighted by Gasteiger charge is -2.11. The molecule has 114 valence electrons. The van der Waals surface area contributed by atoms with E-state index in [2.05, 4.69) is 4.72 Å². The molecule has 2 aromatic carbocycles. The highest BCUT2D eigenvalue weighted by atomic mass is 32.2. The molecule has 3 N–H and O–H groups in total. The molecule has 0 heterocycles. The van der Waals surface area contributed by atoms with Crippen LogP contribution in [0.2, 0.25) is 0 Å². The molecule has 0 radical (unpaired) electrons. The van der Waals surface area contributed by atoms with Gasteiger partial charge in [-0.25, -0.2) is 13.1 Å². The van der Waals surface area contributed by atoms with Crippen molar-refractivity contribution < 1.29 is 13.2 Å². The number of fused-ring (bicyclic) bond motifs is 1. The zero-order valence-electron chi connectivity index (χ0n) is 12.2. The van der Waals surface area contributed by atoms with Gasteiger partial charge >= 0.3 is 0 Å². The summed E-state index contributed by atoms with van der Waals surface area (Å²) in [6.07, 6.45) is 0.0787. The summed E-state index contributed by atoms with van der Waals surface area (Å²) in [4.78, 5) is 0.254. The van der Waals surface area contributed by atoms with Crippen LogP contribution in [-0.2, 0) is 14.8 Å². The van der Waals surface area contributed by atoms with Crippen LogP contribution in [0.3, 0.4) is 0 Å². The average molecular weight is 308 g/mol. The molecule has 21 heavy (non-hydrogen) atoms. The number of hydrogen-bond acceptors (Lipinski definition) is 4. The number of nitrogen functional groups attached to an aromatic ring is 1. The number of rotatable bonds is 6. The fraction of sp³-hybridized carbons (Fsp3) is 0.333. The Hall–Kier alpha value is -1.63. The quantitative estimate of drug-likeness (QED) is 0.632. The first-order chi connectivity index (χ1) is 9.90. The summed E-state index contributed by atoms with van der Waals surface area (Å²) in [7, 11) is -3.57. The molecule has 0 aliphatic rings. The summed E-state index contributed by atoms with van der Waals surface area (Å²) in [6.45, 7) is 4.40. The topological polar surface area (TPSA) is 81.4 Å². The third-order valence-corrected chi connectivity index (χ3v) is 4.52. The zero-order valence-corrected chi connectivity index (χ0v) is 13.0. The Labute approximate surface area is 125 Å². The molecule has 0 atom stereocenters. The number of nitrogens with one attached hydrogen (secondary N) is 1. The Bertz CT molecular complexity index is 727. The molecule has 2 aromatic rings. The molecule has 0 amide bonds. The first-order valence-corrected chi connectivity index (χ1v) is 8.28. The number of benzene rings is 2. The average Bonchev–Trinajstić information content (AvgIpc) is 2.42. The van der Waals surface area contributed by atoms with E-state index in [4.69, 9.17) is 10.5 Å². The monoisotopic (exact) mass is 308 g/mol. The van der Waals surface area contributed by atoms with Crippen LogP contribution in [0.4, 0.5) is 5.69 Å². The second-order valence-electron chi connectivity index (χ2n) is 5.05. The van der Waals surface area contributed by atoms with Crippen molar-refractivity contribution in [2.45, 2.75) is 24.8 Å². The minimum Gasteiger partial charge on any atom is -0.399 e. The molecule has 0 aliphatic carbocycles. The molecule has 2 rings (SSSR count). The van der Waals surface area contributed by atoms with Crippen molar-refractivity contribution in [3.63, 3.8) is 0 Å². The lowest BCUT2D eigenvalue weighted by Crippen LogP contribution is -2.28. The first-order valence-electron chi connectivity index (χ1n) is 6.79. The third kappa shape index (κ3) is 3.93. The van der Waals surface area contributed by atoms with Crippen molar-refractivity contribution >= 4 is 26.5 Å². The first kappa shape index (κ1) is 15.8. The second-order valence-corrected chi connectivity index (χ2v) is 6.79. The number of anilines is 1. The molecule has 0 bridgehead atoms. The smallest absolute Gasteiger partial charge is 0.241 e. The van der Waals surface area contributed by atoms with E-state index < -0.39 is 10.0 Å². The maximum Gasteiger partial charge on any atom is 0.241 e. The highest BCUT2D eigenvalue weighted by molar-refractivity contribution is 7.89. The molecule has 0 spiro atoms. The van der Waals surface area contributed by atoms with Crippen LogP contribution in [0, 0.1) is 0 Å². The van der Waals surface area contributed by atoms with Gasteiger partial charge < -0.3 is 10.5 Å². The lowest BCUT2D eigenvalue weighted by molar-refractivity contribution is 0.0834. The van der Waals surface area contributed by atoms with Crippen molar-refractivity contribution in [3.05, 3.63) is 36.4 Å². The summed E-state index contributed by atoms with van der Waals surface area (Å²) in [5.74, 6) is 0. The van der Waals surface area contributed by atoms with Gasteiger partial charge in [-0.1, -0.05) is 18.2 Å². The summed E-state index contributed by atoms with van der Waals surface area (Å²) < 4.78 is 32.6. The second kappa shape index (κ2) is 6.43. The Balaban J connectivity index is 2.24. The van der Waals surface area contributed by atoms with Gasteiger partial charge in [0, 0.05) is 17.6 Å². The van der Waals surface area contributed by atoms with Gasteiger partial charge in [-0.15, -0.1) is 0 Å². The van der Waals surface area contributed by atoms with E-state index in [1.807, 2.05) is 19.9 Å². The molecule has 0 saturated carbocycles. The van der Waals surface area contributed by atoms with E-state index in [0.29, 0.717) is 17.7 Å². The van der Waals surface area contributed by atoms with E-state index in [1.54, 1.807) is 30.3 Å². The Kier molecular flexibility index (Phi) is 4.82. The number of nitrogens with two attached hydrogens (primary N) is 1. The van der Waals surface area contributed by atoms with Gasteiger partial charge in [-0.05, 0) is 37.4 Å². The SMILES string of the molecule is CC(C)OCCNS(=O)(=O)c1cccc2cc(N)ccc12. The van der Waals surface area contributed by atoms with Crippen molar-refractivity contribution in [3.8, 4) is 0 Å². The largest absolute Gasteiger partial charge is 0.399 e. The Morgan fingerprint density at radius 1 is 1.24 bits per heavy atom. The van der Waals surface area contributed by atoms with Gasteiger partial charge in [0.1, 0.15) is 0 Å². The molecule has 5 nitrogen and oxygen atoms in total. The Morgan fingerprint density at radius 2 is 2.00 bits per heavy atom. The molecule has 0 saturated heterocycles. The van der Waals surface area contributed by atoms with Gasteiger partial charge in [0.15, 0.2) is 0 Å². The Morgan fingerprint density at radius 3 is 2.71 bits per heavy atom. The van der Waals surface area contributed by atoms with Crippen LogP contribution in [0.25, 0.3) is 10.8 Å². The van der Waals surface area contributed by atoms with Crippen molar-refractivity contribution in [2.75, 3.05) is 18.9 Å². The van der Waals surface area contributed by atoms with Gasteiger partial charge in [0.2, 0.25) is 10.0 Å². The lowest BCUT2D eigenvalue weighted by atomic mass is 10.1. The standard InChI is InChI=1S/C15H20N2O3S/c1-11(2)20-9-8-17-21(18,19)15-5-3-4-12-10-13(16)6-7-14(12)15/h3-7,10-11,17H,8-9,16H2,1-2H3. The van der Waals surface area contributed by atoms with E-state index >= 15 is 0 Å². The van der Waals surface area contributed by atoms with Crippen molar-refractivity contribution in [1.82, 2.24) is 4.72 Å². The summed E-state index contributed by atoms with van der Waals surface area (Å²) in [5, 5.41) is 1.46. The minimum atomic E-state index is -3.57. The predicted octanol–water partition coefficient (Wildman–Crippen LogP) is 2.13. The van der Waals surface area contributed by atoms with E-state index in [-0.39, 0.29) is 17.5 Å². The molecule has 0 unspecified atom stereocenters. The van der Waals surface area contributed by atoms with Gasteiger partial charge in [0.05, 0.1) is 17.6 Å². The van der Waals surface area contributed by atoms with Crippen molar-refractivity contribution in [1.29, 1.82) is 0 Å². The maximum atomic E-state index is 12.4. The van der Waals surface area contributed by atoms with Crippen LogP contribution in [0.15, 0.2) is 41.3 Å². The van der Waals surface area contributed by atoms with Crippen LogP contribution in [0.1, 0.15) is 13.8 Å². The number of sulfonamides is 1. The normalized spacial score (nSPS) is 12.1. The van der Waals surface area contributed by atoms with Crippen LogP contribution < -0.4 is 10.5 Å². The van der Waals surface area contributed by atoms with Crippen LogP contribution in [0.5, 0.6) is 0 Å². The van der Waals surface area contributed by atoms with Gasteiger partial charge in [0.25, 0.3) is 0 Å². The third-order valence-electron chi connectivity index (χ3n) is 3.00. The fourth-order valence-electron chi connectivity index (χ4n) is 2.06. The molecule has 0 fully saturated rings. The molecule has 0 aliphatic heterocycles. The highest BCUT2D eigenvalue weighted by Crippen LogP contribution is 2.24. The van der Waals surface area contributed by atoms with Crippen molar-refractivity contribution in [2.24, 2.45) is 0 Å². The molecular weight excluding hydrogens is 288 g/mol. The van der Waals surface area contributed by atoms with E-state index in [9.17, 15) is 8.42 Å². The van der Waals surface area contributed by atoms with Crippen LogP contribution in [-0.4, -0.2) is 27.7 Å². The minimum absolute atomic E-state index is 0.0787. The van der Waals surface area contributed by atoms with Crippen LogP contribution >= 0.6 is 0 Å². The highest BCUT2D eigenvalue weighted by Gasteiger charge is 2.16. The van der Waals surface area contributed by atoms with Gasteiger partial charge in [-0.3, -0.25) is 0 Å². The number of ether oxygens (including phenoxy) is 1. The number of hydrogen-bond donors (Lipinski definition) is 2. The molecule has 6 heteroatoms. The fourth-order valence-corrected chi connectivity index (χ4v) is 3.30. The molecule has 0 aromatic heterocycles. The molecular formula is C15H20N2O3S. The van der Waals surface area contributed by atoms with Gasteiger partial charge in [-0.2, -0.15) is 0 Å².